The second kappa shape index (κ2) is 11.7. The largest absolute Gasteiger partial charge is 0.493 e. The molecular weight excluding hydrogens is 434 g/mol. The van der Waals surface area contributed by atoms with Crippen molar-refractivity contribution in [1.29, 1.82) is 0 Å². The van der Waals surface area contributed by atoms with Gasteiger partial charge in [-0.3, -0.25) is 9.59 Å². The number of Topliss-reactive ketones (excluding diaryl/α,β-unsaturated/α-hetero) is 1. The molecule has 3 aromatic carbocycles. The normalized spacial score (nSPS) is 11.3. The number of hydrogen-bond acceptors (Lipinski definition) is 6. The molecule has 0 saturated heterocycles. The molecule has 0 aromatic heterocycles. The lowest BCUT2D eigenvalue weighted by Crippen LogP contribution is -2.43. The Kier molecular flexibility index (Phi) is 8.40. The third-order valence-corrected chi connectivity index (χ3v) is 5.24. The molecule has 3 aromatic rings. The van der Waals surface area contributed by atoms with Gasteiger partial charge in [0, 0.05) is 17.5 Å². The van der Waals surface area contributed by atoms with E-state index in [1.165, 1.54) is 20.3 Å². The fourth-order valence-electron chi connectivity index (χ4n) is 3.32. The zero-order valence-electron chi connectivity index (χ0n) is 19.4. The molecule has 3 rings (SSSR count). The first-order valence-electron chi connectivity index (χ1n) is 10.7. The van der Waals surface area contributed by atoms with Crippen molar-refractivity contribution in [3.05, 3.63) is 95.1 Å². The molecule has 0 aliphatic heterocycles. The van der Waals surface area contributed by atoms with Gasteiger partial charge in [0.1, 0.15) is 6.04 Å². The lowest BCUT2D eigenvalue weighted by Gasteiger charge is -2.18. The summed E-state index contributed by atoms with van der Waals surface area (Å²) in [5.41, 5.74) is 2.60. The highest BCUT2D eigenvalue weighted by Gasteiger charge is 2.25. The molecule has 34 heavy (non-hydrogen) atoms. The number of benzene rings is 3. The lowest BCUT2D eigenvalue weighted by atomic mass is 10.1. The van der Waals surface area contributed by atoms with E-state index >= 15 is 0 Å². The summed E-state index contributed by atoms with van der Waals surface area (Å²) in [6, 6.07) is 20.0. The van der Waals surface area contributed by atoms with E-state index in [1.54, 1.807) is 24.3 Å². The van der Waals surface area contributed by atoms with Crippen LogP contribution in [-0.4, -0.2) is 44.5 Å². The maximum atomic E-state index is 12.9. The predicted molar refractivity (Wildman–Crippen MR) is 127 cm³/mol. The molecule has 1 atom stereocenters. The number of rotatable bonds is 10. The Morgan fingerprint density at radius 1 is 0.824 bits per heavy atom. The minimum absolute atomic E-state index is 0.206. The minimum atomic E-state index is -0.992. The van der Waals surface area contributed by atoms with Crippen LogP contribution in [0.2, 0.25) is 0 Å². The molecule has 0 heterocycles. The van der Waals surface area contributed by atoms with Gasteiger partial charge in [0.05, 0.1) is 14.2 Å². The van der Waals surface area contributed by atoms with Gasteiger partial charge in [-0.1, -0.05) is 60.2 Å². The molecule has 1 amide bonds. The fourth-order valence-corrected chi connectivity index (χ4v) is 3.32. The van der Waals surface area contributed by atoms with E-state index in [0.29, 0.717) is 22.6 Å². The number of esters is 1. The third kappa shape index (κ3) is 6.45. The molecule has 7 nitrogen and oxygen atoms in total. The van der Waals surface area contributed by atoms with Crippen molar-refractivity contribution in [2.24, 2.45) is 0 Å². The minimum Gasteiger partial charge on any atom is -0.493 e. The highest BCUT2D eigenvalue weighted by Crippen LogP contribution is 2.27. The number of ether oxygens (including phenoxy) is 3. The number of carbonyl (C=O) groups is 3. The standard InChI is InChI=1S/C27H27NO6/c1-18-9-11-20(12-10-18)23(29)17-34-27(31)22(15-19-7-5-4-6-8-19)28-26(30)21-13-14-24(32-2)25(16-21)33-3/h4-14,16,22H,15,17H2,1-3H3,(H,28,30). The van der Waals surface area contributed by atoms with E-state index in [-0.39, 0.29) is 12.2 Å². The molecule has 7 heteroatoms. The highest BCUT2D eigenvalue weighted by molar-refractivity contribution is 5.99. The maximum Gasteiger partial charge on any atom is 0.329 e. The van der Waals surface area contributed by atoms with Crippen LogP contribution in [0.4, 0.5) is 0 Å². The van der Waals surface area contributed by atoms with Gasteiger partial charge in [-0.2, -0.15) is 0 Å². The van der Waals surface area contributed by atoms with Crippen molar-refractivity contribution in [2.75, 3.05) is 20.8 Å². The summed E-state index contributed by atoms with van der Waals surface area (Å²) in [7, 11) is 2.97. The van der Waals surface area contributed by atoms with Crippen molar-refractivity contribution >= 4 is 17.7 Å². The van der Waals surface area contributed by atoms with Crippen LogP contribution in [0, 0.1) is 6.92 Å². The summed E-state index contributed by atoms with van der Waals surface area (Å²) >= 11 is 0. The SMILES string of the molecule is COc1ccc(C(=O)NC(Cc2ccccc2)C(=O)OCC(=O)c2ccc(C)cc2)cc1OC. The first-order chi connectivity index (χ1) is 16.4. The second-order valence-corrected chi connectivity index (χ2v) is 7.68. The van der Waals surface area contributed by atoms with Crippen molar-refractivity contribution < 1.29 is 28.6 Å². The van der Waals surface area contributed by atoms with Crippen molar-refractivity contribution in [2.45, 2.75) is 19.4 Å². The quantitative estimate of drug-likeness (QED) is 0.365. The summed E-state index contributed by atoms with van der Waals surface area (Å²) in [5.74, 6) is -0.630. The number of aryl methyl sites for hydroxylation is 1. The molecule has 1 N–H and O–H groups in total. The van der Waals surface area contributed by atoms with Crippen LogP contribution in [0.1, 0.15) is 31.8 Å². The monoisotopic (exact) mass is 461 g/mol. The van der Waals surface area contributed by atoms with Crippen molar-refractivity contribution in [3.63, 3.8) is 0 Å². The van der Waals surface area contributed by atoms with Crippen LogP contribution >= 0.6 is 0 Å². The smallest absolute Gasteiger partial charge is 0.329 e. The van der Waals surface area contributed by atoms with E-state index in [4.69, 9.17) is 14.2 Å². The Bertz CT molecular complexity index is 1140. The molecule has 0 spiro atoms. The molecular formula is C27H27NO6. The van der Waals surface area contributed by atoms with E-state index in [2.05, 4.69) is 5.32 Å². The Morgan fingerprint density at radius 3 is 2.12 bits per heavy atom. The van der Waals surface area contributed by atoms with Crippen LogP contribution in [0.5, 0.6) is 11.5 Å². The van der Waals surface area contributed by atoms with Gasteiger partial charge in [0.2, 0.25) is 0 Å². The van der Waals surface area contributed by atoms with Gasteiger partial charge in [-0.05, 0) is 30.7 Å². The van der Waals surface area contributed by atoms with Crippen LogP contribution in [-0.2, 0) is 16.0 Å². The summed E-state index contributed by atoms with van der Waals surface area (Å²) in [6.07, 6.45) is 0.206. The third-order valence-electron chi connectivity index (χ3n) is 5.24. The first kappa shape index (κ1) is 24.5. The van der Waals surface area contributed by atoms with Crippen LogP contribution in [0.3, 0.4) is 0 Å². The van der Waals surface area contributed by atoms with Gasteiger partial charge in [0.25, 0.3) is 5.91 Å². The molecule has 176 valence electrons. The summed E-state index contributed by atoms with van der Waals surface area (Å²) in [6.45, 7) is 1.50. The van der Waals surface area contributed by atoms with E-state index in [9.17, 15) is 14.4 Å². The lowest BCUT2D eigenvalue weighted by molar-refractivity contribution is -0.144. The van der Waals surface area contributed by atoms with E-state index in [0.717, 1.165) is 11.1 Å². The highest BCUT2D eigenvalue weighted by atomic mass is 16.5. The number of carbonyl (C=O) groups excluding carboxylic acids is 3. The number of methoxy groups -OCH3 is 2. The van der Waals surface area contributed by atoms with Crippen LogP contribution < -0.4 is 14.8 Å². The molecule has 0 radical (unpaired) electrons. The van der Waals surface area contributed by atoms with E-state index in [1.807, 2.05) is 49.4 Å². The van der Waals surface area contributed by atoms with E-state index < -0.39 is 24.5 Å². The predicted octanol–water partition coefficient (Wildman–Crippen LogP) is 3.78. The number of hydrogen-bond donors (Lipinski definition) is 1. The van der Waals surface area contributed by atoms with Gasteiger partial charge in [-0.15, -0.1) is 0 Å². The molecule has 0 bridgehead atoms. The number of nitrogens with one attached hydrogen (secondary N) is 1. The Morgan fingerprint density at radius 2 is 1.47 bits per heavy atom. The molecule has 0 aliphatic rings. The van der Waals surface area contributed by atoms with Crippen LogP contribution in [0.25, 0.3) is 0 Å². The number of amides is 1. The fraction of sp³-hybridized carbons (Fsp3) is 0.222. The summed E-state index contributed by atoms with van der Waals surface area (Å²) in [4.78, 5) is 38.2. The molecule has 0 saturated carbocycles. The maximum absolute atomic E-state index is 12.9. The van der Waals surface area contributed by atoms with Gasteiger partial charge < -0.3 is 19.5 Å². The number of ketones is 1. The van der Waals surface area contributed by atoms with Crippen molar-refractivity contribution in [3.8, 4) is 11.5 Å². The Labute approximate surface area is 198 Å². The van der Waals surface area contributed by atoms with Gasteiger partial charge in [-0.25, -0.2) is 4.79 Å². The van der Waals surface area contributed by atoms with Gasteiger partial charge >= 0.3 is 5.97 Å². The molecule has 1 unspecified atom stereocenters. The molecule has 0 aliphatic carbocycles. The summed E-state index contributed by atoms with van der Waals surface area (Å²) < 4.78 is 15.8. The van der Waals surface area contributed by atoms with Crippen LogP contribution in [0.15, 0.2) is 72.8 Å². The zero-order chi connectivity index (χ0) is 24.5. The Balaban J connectivity index is 1.73. The second-order valence-electron chi connectivity index (χ2n) is 7.68. The first-order valence-corrected chi connectivity index (χ1v) is 10.7. The molecule has 0 fully saturated rings. The average Bonchev–Trinajstić information content (AvgIpc) is 2.87. The topological polar surface area (TPSA) is 90.9 Å². The Hall–Kier alpha value is -4.13. The summed E-state index contributed by atoms with van der Waals surface area (Å²) in [5, 5.41) is 2.72. The average molecular weight is 462 g/mol. The zero-order valence-corrected chi connectivity index (χ0v) is 19.4. The van der Waals surface area contributed by atoms with Gasteiger partial charge in [0.15, 0.2) is 23.9 Å². The van der Waals surface area contributed by atoms with Crippen molar-refractivity contribution in [1.82, 2.24) is 5.32 Å².